The van der Waals surface area contributed by atoms with Crippen LogP contribution in [0.5, 0.6) is 0 Å². The molecule has 1 unspecified atom stereocenters. The van der Waals surface area contributed by atoms with Crippen molar-refractivity contribution >= 4 is 23.6 Å². The molecule has 0 aromatic heterocycles. The van der Waals surface area contributed by atoms with Crippen molar-refractivity contribution in [1.29, 1.82) is 0 Å². The molecule has 0 aliphatic carbocycles. The SMILES string of the molecule is C=CC(=O)NC(CCSC)C(=O)OC. The van der Waals surface area contributed by atoms with Crippen LogP contribution in [0.2, 0.25) is 0 Å². The van der Waals surface area contributed by atoms with Crippen LogP contribution in [0.15, 0.2) is 12.7 Å². The van der Waals surface area contributed by atoms with Crippen molar-refractivity contribution in [3.8, 4) is 0 Å². The van der Waals surface area contributed by atoms with E-state index in [4.69, 9.17) is 0 Å². The minimum absolute atomic E-state index is 0.360. The molecule has 0 rings (SSSR count). The zero-order valence-electron chi connectivity index (χ0n) is 8.41. The van der Waals surface area contributed by atoms with Crippen LogP contribution in [0.3, 0.4) is 0 Å². The summed E-state index contributed by atoms with van der Waals surface area (Å²) >= 11 is 1.61. The van der Waals surface area contributed by atoms with Gasteiger partial charge in [-0.1, -0.05) is 6.58 Å². The first-order valence-corrected chi connectivity index (χ1v) is 5.54. The van der Waals surface area contributed by atoms with Gasteiger partial charge in [-0.15, -0.1) is 0 Å². The van der Waals surface area contributed by atoms with Crippen molar-refractivity contribution in [2.24, 2.45) is 0 Å². The molecular formula is C9H15NO3S. The first kappa shape index (κ1) is 13.0. The Morgan fingerprint density at radius 2 is 2.29 bits per heavy atom. The standard InChI is InChI=1S/C9H15NO3S/c1-4-8(11)10-7(5-6-14-3)9(12)13-2/h4,7H,1,5-6H2,2-3H3,(H,10,11). The highest BCUT2D eigenvalue weighted by atomic mass is 32.2. The van der Waals surface area contributed by atoms with Gasteiger partial charge in [0.05, 0.1) is 7.11 Å². The smallest absolute Gasteiger partial charge is 0.328 e. The van der Waals surface area contributed by atoms with E-state index in [1.165, 1.54) is 7.11 Å². The molecule has 4 nitrogen and oxygen atoms in total. The molecule has 5 heteroatoms. The van der Waals surface area contributed by atoms with E-state index in [2.05, 4.69) is 16.6 Å². The Morgan fingerprint density at radius 3 is 2.71 bits per heavy atom. The monoisotopic (exact) mass is 217 g/mol. The average Bonchev–Trinajstić information content (AvgIpc) is 2.22. The van der Waals surface area contributed by atoms with E-state index in [1.54, 1.807) is 11.8 Å². The fourth-order valence-electron chi connectivity index (χ4n) is 0.858. The molecule has 0 aliphatic heterocycles. The van der Waals surface area contributed by atoms with Crippen molar-refractivity contribution in [1.82, 2.24) is 5.32 Å². The Hall–Kier alpha value is -0.970. The first-order chi connectivity index (χ1) is 6.65. The quantitative estimate of drug-likeness (QED) is 0.522. The van der Waals surface area contributed by atoms with Crippen molar-refractivity contribution in [3.63, 3.8) is 0 Å². The van der Waals surface area contributed by atoms with Crippen LogP contribution in [-0.4, -0.2) is 37.0 Å². The normalized spacial score (nSPS) is 11.6. The molecule has 0 bridgehead atoms. The van der Waals surface area contributed by atoms with E-state index in [9.17, 15) is 9.59 Å². The third-order valence-electron chi connectivity index (χ3n) is 1.60. The first-order valence-electron chi connectivity index (χ1n) is 4.15. The van der Waals surface area contributed by atoms with Gasteiger partial charge < -0.3 is 10.1 Å². The molecule has 0 aromatic rings. The lowest BCUT2D eigenvalue weighted by molar-refractivity contribution is -0.144. The molecular weight excluding hydrogens is 202 g/mol. The number of carbonyl (C=O) groups excluding carboxylic acids is 2. The number of methoxy groups -OCH3 is 1. The predicted molar refractivity (Wildman–Crippen MR) is 57.1 cm³/mol. The van der Waals surface area contributed by atoms with E-state index in [0.717, 1.165) is 11.8 Å². The molecule has 80 valence electrons. The Balaban J connectivity index is 4.16. The van der Waals surface area contributed by atoms with E-state index in [1.807, 2.05) is 6.26 Å². The van der Waals surface area contributed by atoms with Gasteiger partial charge in [0.15, 0.2) is 0 Å². The Kier molecular flexibility index (Phi) is 6.92. The summed E-state index contributed by atoms with van der Waals surface area (Å²) < 4.78 is 4.56. The maximum Gasteiger partial charge on any atom is 0.328 e. The van der Waals surface area contributed by atoms with E-state index in [0.29, 0.717) is 6.42 Å². The molecule has 0 fully saturated rings. The van der Waals surface area contributed by atoms with Gasteiger partial charge in [-0.3, -0.25) is 4.79 Å². The van der Waals surface area contributed by atoms with E-state index >= 15 is 0 Å². The number of amides is 1. The van der Waals surface area contributed by atoms with Crippen LogP contribution in [0.25, 0.3) is 0 Å². The van der Waals surface area contributed by atoms with Gasteiger partial charge in [-0.25, -0.2) is 4.79 Å². The second-order valence-electron chi connectivity index (χ2n) is 2.57. The van der Waals surface area contributed by atoms with Crippen LogP contribution < -0.4 is 5.32 Å². The van der Waals surface area contributed by atoms with Gasteiger partial charge >= 0.3 is 5.97 Å². The van der Waals surface area contributed by atoms with E-state index in [-0.39, 0.29) is 5.91 Å². The third kappa shape index (κ3) is 4.91. The molecule has 0 spiro atoms. The summed E-state index contributed by atoms with van der Waals surface area (Å²) in [5, 5.41) is 2.51. The van der Waals surface area contributed by atoms with Crippen LogP contribution in [0, 0.1) is 0 Å². The number of hydrogen-bond donors (Lipinski definition) is 1. The number of thioether (sulfide) groups is 1. The van der Waals surface area contributed by atoms with Crippen LogP contribution in [-0.2, 0) is 14.3 Å². The fraction of sp³-hybridized carbons (Fsp3) is 0.556. The van der Waals surface area contributed by atoms with Gasteiger partial charge in [-0.05, 0) is 24.5 Å². The summed E-state index contributed by atoms with van der Waals surface area (Å²) in [5.41, 5.74) is 0. The zero-order chi connectivity index (χ0) is 11.0. The number of esters is 1. The van der Waals surface area contributed by atoms with Crippen molar-refractivity contribution in [2.45, 2.75) is 12.5 Å². The van der Waals surface area contributed by atoms with Gasteiger partial charge in [-0.2, -0.15) is 11.8 Å². The Morgan fingerprint density at radius 1 is 1.64 bits per heavy atom. The van der Waals surface area contributed by atoms with Crippen molar-refractivity contribution in [2.75, 3.05) is 19.1 Å². The molecule has 1 amide bonds. The third-order valence-corrected chi connectivity index (χ3v) is 2.24. The van der Waals surface area contributed by atoms with E-state index < -0.39 is 12.0 Å². The second kappa shape index (κ2) is 7.44. The minimum Gasteiger partial charge on any atom is -0.467 e. The summed E-state index contributed by atoms with van der Waals surface area (Å²) in [5.74, 6) is 0.00717. The van der Waals surface area contributed by atoms with Gasteiger partial charge in [0.1, 0.15) is 6.04 Å². The molecule has 0 aliphatic rings. The maximum absolute atomic E-state index is 11.2. The van der Waals surface area contributed by atoms with Gasteiger partial charge in [0.25, 0.3) is 0 Å². The molecule has 1 N–H and O–H groups in total. The summed E-state index contributed by atoms with van der Waals surface area (Å²) in [6.07, 6.45) is 3.63. The lowest BCUT2D eigenvalue weighted by Gasteiger charge is -2.14. The molecule has 14 heavy (non-hydrogen) atoms. The molecule has 0 radical (unpaired) electrons. The zero-order valence-corrected chi connectivity index (χ0v) is 9.23. The number of hydrogen-bond acceptors (Lipinski definition) is 4. The summed E-state index contributed by atoms with van der Waals surface area (Å²) in [4.78, 5) is 22.2. The average molecular weight is 217 g/mol. The summed E-state index contributed by atoms with van der Waals surface area (Å²) in [7, 11) is 1.30. The highest BCUT2D eigenvalue weighted by Gasteiger charge is 2.19. The topological polar surface area (TPSA) is 55.4 Å². The van der Waals surface area contributed by atoms with Crippen LogP contribution >= 0.6 is 11.8 Å². The fourth-order valence-corrected chi connectivity index (χ4v) is 1.33. The number of nitrogens with one attached hydrogen (secondary N) is 1. The lowest BCUT2D eigenvalue weighted by Crippen LogP contribution is -2.41. The molecule has 1 atom stereocenters. The Bertz CT molecular complexity index is 218. The number of rotatable bonds is 6. The summed E-state index contributed by atoms with van der Waals surface area (Å²) in [6, 6.07) is -0.571. The van der Waals surface area contributed by atoms with Crippen molar-refractivity contribution in [3.05, 3.63) is 12.7 Å². The largest absolute Gasteiger partial charge is 0.467 e. The van der Waals surface area contributed by atoms with Gasteiger partial charge in [0.2, 0.25) is 5.91 Å². The number of ether oxygens (including phenoxy) is 1. The highest BCUT2D eigenvalue weighted by Crippen LogP contribution is 2.02. The Labute approximate surface area is 88.1 Å². The predicted octanol–water partition coefficient (Wildman–Crippen LogP) is 0.583. The van der Waals surface area contributed by atoms with Crippen molar-refractivity contribution < 1.29 is 14.3 Å². The summed E-state index contributed by atoms with van der Waals surface area (Å²) in [6.45, 7) is 3.31. The molecule has 0 heterocycles. The number of carbonyl (C=O) groups is 2. The molecule has 0 aromatic carbocycles. The van der Waals surface area contributed by atoms with Crippen LogP contribution in [0.4, 0.5) is 0 Å². The lowest BCUT2D eigenvalue weighted by atomic mass is 10.2. The molecule has 0 saturated carbocycles. The molecule has 0 saturated heterocycles. The second-order valence-corrected chi connectivity index (χ2v) is 3.56. The highest BCUT2D eigenvalue weighted by molar-refractivity contribution is 7.98. The minimum atomic E-state index is -0.571. The maximum atomic E-state index is 11.2. The van der Waals surface area contributed by atoms with Crippen LogP contribution in [0.1, 0.15) is 6.42 Å². The van der Waals surface area contributed by atoms with Gasteiger partial charge in [0, 0.05) is 0 Å².